The highest BCUT2D eigenvalue weighted by molar-refractivity contribution is 8.00. The maximum atomic E-state index is 14.9. The Morgan fingerprint density at radius 3 is 2.07 bits per heavy atom. The summed E-state index contributed by atoms with van der Waals surface area (Å²) in [6, 6.07) is 38.3. The second-order valence-corrected chi connectivity index (χ2v) is 13.9. The summed E-state index contributed by atoms with van der Waals surface area (Å²) in [5.74, 6) is -0.0619. The smallest absolute Gasteiger partial charge is 0.258 e. The summed E-state index contributed by atoms with van der Waals surface area (Å²) >= 11 is 1.39. The van der Waals surface area contributed by atoms with E-state index in [0.717, 1.165) is 60.3 Å². The minimum Gasteiger partial charge on any atom is -0.287 e. The van der Waals surface area contributed by atoms with Crippen molar-refractivity contribution in [2.45, 2.75) is 74.2 Å². The van der Waals surface area contributed by atoms with Gasteiger partial charge in [-0.1, -0.05) is 122 Å². The standard InChI is InChI=1S/C40H39N3O2S/c1-29(37(44)43(32-19-8-3-9-20-32)33-21-10-4-11-22-33)46-39-41-36-34-23-13-12-18-31(34)28-40(25-14-5-15-26-40)35(36)38(45)42(39)27-24-30-16-6-2-7-17-30/h2-4,6-13,16-23,29H,5,14-15,24-28H2,1H3/t29-/m0/s1. The molecule has 5 aromatic rings. The molecule has 0 bridgehead atoms. The molecular formula is C40H39N3O2S. The summed E-state index contributed by atoms with van der Waals surface area (Å²) in [6.45, 7) is 2.43. The van der Waals surface area contributed by atoms with Gasteiger partial charge in [-0.25, -0.2) is 4.98 Å². The van der Waals surface area contributed by atoms with Crippen LogP contribution in [0.3, 0.4) is 0 Å². The van der Waals surface area contributed by atoms with Gasteiger partial charge in [0.05, 0.1) is 16.5 Å². The van der Waals surface area contributed by atoms with Crippen molar-refractivity contribution >= 4 is 29.0 Å². The minimum absolute atomic E-state index is 0.0578. The highest BCUT2D eigenvalue weighted by Crippen LogP contribution is 2.49. The maximum absolute atomic E-state index is 14.9. The molecule has 1 fully saturated rings. The summed E-state index contributed by atoms with van der Waals surface area (Å²) in [5, 5.41) is 0.0973. The number of benzene rings is 4. The van der Waals surface area contributed by atoms with Crippen molar-refractivity contribution < 1.29 is 4.79 Å². The van der Waals surface area contributed by atoms with Gasteiger partial charge in [-0.15, -0.1) is 0 Å². The van der Waals surface area contributed by atoms with Gasteiger partial charge in [0.15, 0.2) is 5.16 Å². The van der Waals surface area contributed by atoms with Crippen molar-refractivity contribution in [1.82, 2.24) is 9.55 Å². The lowest BCUT2D eigenvalue weighted by Gasteiger charge is -2.42. The van der Waals surface area contributed by atoms with Crippen LogP contribution in [0.1, 0.15) is 55.7 Å². The molecule has 2 aliphatic carbocycles. The van der Waals surface area contributed by atoms with Crippen LogP contribution in [0.4, 0.5) is 11.4 Å². The fraction of sp³-hybridized carbons (Fsp3) is 0.275. The molecule has 2 aliphatic rings. The van der Waals surface area contributed by atoms with Crippen LogP contribution in [0.15, 0.2) is 125 Å². The summed E-state index contributed by atoms with van der Waals surface area (Å²) in [4.78, 5) is 36.4. The number of aromatic nitrogens is 2. The first-order chi connectivity index (χ1) is 22.5. The monoisotopic (exact) mass is 625 g/mol. The van der Waals surface area contributed by atoms with Gasteiger partial charge in [0.1, 0.15) is 0 Å². The van der Waals surface area contributed by atoms with Crippen molar-refractivity contribution in [3.63, 3.8) is 0 Å². The molecule has 6 heteroatoms. The maximum Gasteiger partial charge on any atom is 0.258 e. The molecular weight excluding hydrogens is 587 g/mol. The van der Waals surface area contributed by atoms with Crippen LogP contribution in [-0.4, -0.2) is 20.7 Å². The fourth-order valence-corrected chi connectivity index (χ4v) is 8.31. The molecule has 232 valence electrons. The van der Waals surface area contributed by atoms with Gasteiger partial charge in [-0.2, -0.15) is 0 Å². The van der Waals surface area contributed by atoms with E-state index < -0.39 is 5.25 Å². The first-order valence-corrected chi connectivity index (χ1v) is 17.3. The molecule has 0 unspecified atom stereocenters. The molecule has 4 aromatic carbocycles. The number of hydrogen-bond donors (Lipinski definition) is 0. The van der Waals surface area contributed by atoms with Gasteiger partial charge in [-0.3, -0.25) is 19.1 Å². The van der Waals surface area contributed by atoms with Gasteiger partial charge in [-0.05, 0) is 68.0 Å². The van der Waals surface area contributed by atoms with E-state index in [1.165, 1.54) is 29.3 Å². The van der Waals surface area contributed by atoms with E-state index in [1.807, 2.05) is 96.4 Å². The van der Waals surface area contributed by atoms with Crippen LogP contribution in [0.25, 0.3) is 11.3 Å². The summed E-state index contributed by atoms with van der Waals surface area (Å²) in [7, 11) is 0. The van der Waals surface area contributed by atoms with Crippen LogP contribution >= 0.6 is 11.8 Å². The van der Waals surface area contributed by atoms with E-state index in [9.17, 15) is 9.59 Å². The lowest BCUT2D eigenvalue weighted by molar-refractivity contribution is -0.117. The van der Waals surface area contributed by atoms with Gasteiger partial charge < -0.3 is 0 Å². The topological polar surface area (TPSA) is 55.2 Å². The zero-order chi connectivity index (χ0) is 31.5. The molecule has 1 spiro atoms. The number of hydrogen-bond acceptors (Lipinski definition) is 4. The lowest BCUT2D eigenvalue weighted by Crippen LogP contribution is -2.43. The second-order valence-electron chi connectivity index (χ2n) is 12.6. The molecule has 7 rings (SSSR count). The summed E-state index contributed by atoms with van der Waals surface area (Å²) in [5.41, 5.74) is 6.67. The van der Waals surface area contributed by atoms with Gasteiger partial charge in [0, 0.05) is 28.9 Å². The number of nitrogens with zero attached hydrogens (tertiary/aromatic N) is 3. The SMILES string of the molecule is C[C@H](Sc1nc2c(c(=O)n1CCc1ccccc1)C1(CCCCC1)Cc1ccccc1-2)C(=O)N(c1ccccc1)c1ccccc1. The third-order valence-electron chi connectivity index (χ3n) is 9.62. The summed E-state index contributed by atoms with van der Waals surface area (Å²) in [6.07, 6.45) is 7.07. The molecule has 0 N–H and O–H groups in total. The first kappa shape index (κ1) is 30.2. The van der Waals surface area contributed by atoms with Crippen LogP contribution in [-0.2, 0) is 29.6 Å². The van der Waals surface area contributed by atoms with Crippen molar-refractivity contribution in [2.75, 3.05) is 4.90 Å². The quantitative estimate of drug-likeness (QED) is 0.128. The van der Waals surface area contributed by atoms with Crippen molar-refractivity contribution in [3.8, 4) is 11.3 Å². The number of anilines is 2. The van der Waals surface area contributed by atoms with Crippen LogP contribution in [0.2, 0.25) is 0 Å². The Labute approximate surface area is 275 Å². The molecule has 0 aliphatic heterocycles. The largest absolute Gasteiger partial charge is 0.287 e. The van der Waals surface area contributed by atoms with E-state index >= 15 is 0 Å². The van der Waals surface area contributed by atoms with E-state index in [0.29, 0.717) is 18.1 Å². The Hall–Kier alpha value is -4.42. The Kier molecular flexibility index (Phi) is 8.63. The number of carbonyl (C=O) groups is 1. The number of carbonyl (C=O) groups excluding carboxylic acids is 1. The van der Waals surface area contributed by atoms with Gasteiger partial charge in [0.25, 0.3) is 5.56 Å². The number of aryl methyl sites for hydroxylation is 1. The Morgan fingerprint density at radius 1 is 0.826 bits per heavy atom. The zero-order valence-electron chi connectivity index (χ0n) is 26.3. The summed E-state index contributed by atoms with van der Waals surface area (Å²) < 4.78 is 1.87. The molecule has 1 aromatic heterocycles. The minimum atomic E-state index is -0.504. The zero-order valence-corrected chi connectivity index (χ0v) is 27.1. The van der Waals surface area contributed by atoms with Crippen LogP contribution < -0.4 is 10.5 Å². The van der Waals surface area contributed by atoms with Crippen molar-refractivity contribution in [1.29, 1.82) is 0 Å². The van der Waals surface area contributed by atoms with Gasteiger partial charge in [0.2, 0.25) is 5.91 Å². The number of thioether (sulfide) groups is 1. The number of rotatable bonds is 8. The van der Waals surface area contributed by atoms with Crippen molar-refractivity contribution in [2.24, 2.45) is 0 Å². The van der Waals surface area contributed by atoms with E-state index in [-0.39, 0.29) is 16.9 Å². The third-order valence-corrected chi connectivity index (χ3v) is 10.7. The molecule has 46 heavy (non-hydrogen) atoms. The number of fused-ring (bicyclic) bond motifs is 4. The Morgan fingerprint density at radius 2 is 1.41 bits per heavy atom. The second kappa shape index (κ2) is 13.1. The molecule has 0 radical (unpaired) electrons. The molecule has 1 amide bonds. The van der Waals surface area contributed by atoms with E-state index in [4.69, 9.17) is 4.98 Å². The molecule has 1 atom stereocenters. The Bertz CT molecular complexity index is 1840. The highest BCUT2D eigenvalue weighted by atomic mass is 32.2. The highest BCUT2D eigenvalue weighted by Gasteiger charge is 2.43. The normalized spacial score (nSPS) is 15.5. The third kappa shape index (κ3) is 5.82. The molecule has 0 saturated heterocycles. The van der Waals surface area contributed by atoms with Crippen molar-refractivity contribution in [3.05, 3.63) is 142 Å². The first-order valence-electron chi connectivity index (χ1n) is 16.4. The van der Waals surface area contributed by atoms with Gasteiger partial charge >= 0.3 is 0 Å². The average Bonchev–Trinajstić information content (AvgIpc) is 3.10. The van der Waals surface area contributed by atoms with Crippen LogP contribution in [0, 0.1) is 0 Å². The van der Waals surface area contributed by atoms with E-state index in [2.05, 4.69) is 30.3 Å². The molecule has 5 nitrogen and oxygen atoms in total. The number of para-hydroxylation sites is 2. The fourth-order valence-electron chi connectivity index (χ4n) is 7.34. The molecule has 1 heterocycles. The predicted molar refractivity (Wildman–Crippen MR) is 188 cm³/mol. The van der Waals surface area contributed by atoms with Crippen LogP contribution in [0.5, 0.6) is 0 Å². The number of amides is 1. The van der Waals surface area contributed by atoms with E-state index in [1.54, 1.807) is 4.90 Å². The predicted octanol–water partition coefficient (Wildman–Crippen LogP) is 8.76. The lowest BCUT2D eigenvalue weighted by atomic mass is 9.62. The Balaban J connectivity index is 1.33. The molecule has 1 saturated carbocycles. The average molecular weight is 626 g/mol.